The van der Waals surface area contributed by atoms with Gasteiger partial charge in [-0.2, -0.15) is 0 Å². The first-order valence-electron chi connectivity index (χ1n) is 8.17. The van der Waals surface area contributed by atoms with Gasteiger partial charge in [-0.15, -0.1) is 24.0 Å². The summed E-state index contributed by atoms with van der Waals surface area (Å²) in [6.07, 6.45) is 2.34. The van der Waals surface area contributed by atoms with Gasteiger partial charge in [-0.1, -0.05) is 29.3 Å². The number of nitrogens with zero attached hydrogens (tertiary/aromatic N) is 2. The van der Waals surface area contributed by atoms with Crippen molar-refractivity contribution in [1.29, 1.82) is 0 Å². The van der Waals surface area contributed by atoms with E-state index in [9.17, 15) is 0 Å². The molecule has 0 radical (unpaired) electrons. The number of ether oxygens (including phenoxy) is 1. The van der Waals surface area contributed by atoms with Crippen molar-refractivity contribution in [3.63, 3.8) is 0 Å². The molecule has 3 rings (SSSR count). The Morgan fingerprint density at radius 1 is 1.38 bits per heavy atom. The van der Waals surface area contributed by atoms with Crippen LogP contribution >= 0.6 is 47.2 Å². The fourth-order valence-electron chi connectivity index (χ4n) is 3.32. The van der Waals surface area contributed by atoms with E-state index >= 15 is 0 Å². The lowest BCUT2D eigenvalue weighted by atomic mass is 9.87. The van der Waals surface area contributed by atoms with Crippen LogP contribution in [0.5, 0.6) is 0 Å². The monoisotopic (exact) mass is 483 g/mol. The Kier molecular flexibility index (Phi) is 7.46. The van der Waals surface area contributed by atoms with Crippen molar-refractivity contribution in [2.75, 3.05) is 32.8 Å². The summed E-state index contributed by atoms with van der Waals surface area (Å²) in [6, 6.07) is 5.56. The predicted octanol–water partition coefficient (Wildman–Crippen LogP) is 4.19. The van der Waals surface area contributed by atoms with E-state index in [-0.39, 0.29) is 24.0 Å². The van der Waals surface area contributed by atoms with Gasteiger partial charge in [-0.3, -0.25) is 0 Å². The molecule has 2 aliphatic rings. The molecule has 24 heavy (non-hydrogen) atoms. The van der Waals surface area contributed by atoms with Crippen molar-refractivity contribution < 1.29 is 4.74 Å². The second-order valence-electron chi connectivity index (χ2n) is 6.38. The number of benzene rings is 1. The van der Waals surface area contributed by atoms with Crippen molar-refractivity contribution >= 4 is 53.1 Å². The minimum atomic E-state index is 0. The standard InChI is InChI=1S/C17H23Cl2N3O.HI/c1-2-20-16(21-10-13-3-4-14(18)9-15(13)19)22-7-5-17(11-22)6-8-23-12-17;/h3-4,9H,2,5-8,10-12H2,1H3,(H,20,21);1H. The molecule has 1 aromatic carbocycles. The average molecular weight is 484 g/mol. The van der Waals surface area contributed by atoms with E-state index in [0.717, 1.165) is 50.8 Å². The summed E-state index contributed by atoms with van der Waals surface area (Å²) in [7, 11) is 0. The van der Waals surface area contributed by atoms with E-state index in [4.69, 9.17) is 32.9 Å². The van der Waals surface area contributed by atoms with Crippen LogP contribution in [0, 0.1) is 5.41 Å². The van der Waals surface area contributed by atoms with Gasteiger partial charge in [-0.05, 0) is 37.5 Å². The summed E-state index contributed by atoms with van der Waals surface area (Å²) >= 11 is 12.2. The zero-order chi connectivity index (χ0) is 16.3. The van der Waals surface area contributed by atoms with Gasteiger partial charge in [0, 0.05) is 41.7 Å². The highest BCUT2D eigenvalue weighted by Gasteiger charge is 2.42. The Morgan fingerprint density at radius 2 is 2.21 bits per heavy atom. The van der Waals surface area contributed by atoms with E-state index < -0.39 is 0 Å². The third-order valence-electron chi connectivity index (χ3n) is 4.67. The van der Waals surface area contributed by atoms with Crippen molar-refractivity contribution in [1.82, 2.24) is 10.2 Å². The number of halogens is 3. The average Bonchev–Trinajstić information content (AvgIpc) is 3.16. The Bertz CT molecular complexity index is 591. The molecule has 2 saturated heterocycles. The maximum Gasteiger partial charge on any atom is 0.194 e. The number of likely N-dealkylation sites (tertiary alicyclic amines) is 1. The van der Waals surface area contributed by atoms with Crippen LogP contribution in [0.4, 0.5) is 0 Å². The minimum Gasteiger partial charge on any atom is -0.381 e. The number of rotatable bonds is 3. The van der Waals surface area contributed by atoms with E-state index in [1.807, 2.05) is 12.1 Å². The zero-order valence-corrected chi connectivity index (χ0v) is 17.7. The van der Waals surface area contributed by atoms with Crippen LogP contribution in [-0.2, 0) is 11.3 Å². The summed E-state index contributed by atoms with van der Waals surface area (Å²) in [4.78, 5) is 7.12. The van der Waals surface area contributed by atoms with Crippen molar-refractivity contribution in [3.8, 4) is 0 Å². The Balaban J connectivity index is 0.00000208. The molecule has 0 saturated carbocycles. The van der Waals surface area contributed by atoms with Gasteiger partial charge < -0.3 is 15.0 Å². The fourth-order valence-corrected chi connectivity index (χ4v) is 3.79. The van der Waals surface area contributed by atoms with Gasteiger partial charge in [-0.25, -0.2) is 4.99 Å². The highest BCUT2D eigenvalue weighted by molar-refractivity contribution is 14.0. The maximum atomic E-state index is 6.24. The van der Waals surface area contributed by atoms with Gasteiger partial charge in [0.1, 0.15) is 0 Å². The Morgan fingerprint density at radius 3 is 2.88 bits per heavy atom. The number of aliphatic imine (C=N–C) groups is 1. The van der Waals surface area contributed by atoms with Gasteiger partial charge in [0.05, 0.1) is 13.2 Å². The molecule has 1 atom stereocenters. The SMILES string of the molecule is CCNC(=NCc1ccc(Cl)cc1Cl)N1CCC2(CCOC2)C1.I. The molecule has 0 aromatic heterocycles. The molecule has 2 heterocycles. The van der Waals surface area contributed by atoms with Gasteiger partial charge in [0.25, 0.3) is 0 Å². The third kappa shape index (κ3) is 4.68. The molecule has 0 bridgehead atoms. The molecule has 1 unspecified atom stereocenters. The summed E-state index contributed by atoms with van der Waals surface area (Å²) in [5.41, 5.74) is 1.32. The first kappa shape index (κ1) is 20.1. The Hall–Kier alpha value is -0.240. The molecular weight excluding hydrogens is 460 g/mol. The fraction of sp³-hybridized carbons (Fsp3) is 0.588. The predicted molar refractivity (Wildman–Crippen MR) is 111 cm³/mol. The van der Waals surface area contributed by atoms with Crippen LogP contribution in [-0.4, -0.2) is 43.7 Å². The lowest BCUT2D eigenvalue weighted by Crippen LogP contribution is -2.41. The number of guanidine groups is 1. The van der Waals surface area contributed by atoms with Crippen molar-refractivity contribution in [2.45, 2.75) is 26.3 Å². The second-order valence-corrected chi connectivity index (χ2v) is 7.22. The zero-order valence-electron chi connectivity index (χ0n) is 13.9. The van der Waals surface area contributed by atoms with Gasteiger partial charge >= 0.3 is 0 Å². The molecule has 7 heteroatoms. The van der Waals surface area contributed by atoms with Crippen LogP contribution in [0.1, 0.15) is 25.3 Å². The first-order chi connectivity index (χ1) is 11.1. The quantitative estimate of drug-likeness (QED) is 0.398. The van der Waals surface area contributed by atoms with Crippen LogP contribution in [0.15, 0.2) is 23.2 Å². The van der Waals surface area contributed by atoms with Crippen LogP contribution in [0.2, 0.25) is 10.0 Å². The minimum absolute atomic E-state index is 0. The van der Waals surface area contributed by atoms with Crippen LogP contribution in [0.3, 0.4) is 0 Å². The van der Waals surface area contributed by atoms with E-state index in [1.165, 1.54) is 6.42 Å². The third-order valence-corrected chi connectivity index (χ3v) is 5.26. The van der Waals surface area contributed by atoms with Gasteiger partial charge in [0.2, 0.25) is 0 Å². The largest absolute Gasteiger partial charge is 0.381 e. The second kappa shape index (κ2) is 8.92. The molecule has 1 N–H and O–H groups in total. The highest BCUT2D eigenvalue weighted by Crippen LogP contribution is 2.38. The van der Waals surface area contributed by atoms with E-state index in [0.29, 0.717) is 22.0 Å². The molecule has 2 fully saturated rings. The normalized spacial score (nSPS) is 23.6. The van der Waals surface area contributed by atoms with Crippen LogP contribution < -0.4 is 5.32 Å². The molecule has 0 aliphatic carbocycles. The van der Waals surface area contributed by atoms with Crippen LogP contribution in [0.25, 0.3) is 0 Å². The number of hydrogen-bond donors (Lipinski definition) is 1. The Labute approximate surface area is 171 Å². The molecule has 0 amide bonds. The van der Waals surface area contributed by atoms with E-state index in [1.54, 1.807) is 6.07 Å². The van der Waals surface area contributed by atoms with Crippen molar-refractivity contribution in [2.24, 2.45) is 10.4 Å². The topological polar surface area (TPSA) is 36.9 Å². The highest BCUT2D eigenvalue weighted by atomic mass is 127. The maximum absolute atomic E-state index is 6.24. The summed E-state index contributed by atoms with van der Waals surface area (Å²) in [5.74, 6) is 0.960. The molecule has 2 aliphatic heterocycles. The smallest absolute Gasteiger partial charge is 0.194 e. The first-order valence-corrected chi connectivity index (χ1v) is 8.92. The lowest BCUT2D eigenvalue weighted by molar-refractivity contribution is 0.156. The lowest BCUT2D eigenvalue weighted by Gasteiger charge is -2.25. The summed E-state index contributed by atoms with van der Waals surface area (Å²) < 4.78 is 5.61. The number of hydrogen-bond acceptors (Lipinski definition) is 2. The van der Waals surface area contributed by atoms with E-state index in [2.05, 4.69) is 17.1 Å². The van der Waals surface area contributed by atoms with Crippen molar-refractivity contribution in [3.05, 3.63) is 33.8 Å². The summed E-state index contributed by atoms with van der Waals surface area (Å²) in [6.45, 7) is 7.32. The molecule has 134 valence electrons. The molecule has 4 nitrogen and oxygen atoms in total. The molecule has 1 spiro atoms. The van der Waals surface area contributed by atoms with Gasteiger partial charge in [0.15, 0.2) is 5.96 Å². The molecule has 1 aromatic rings. The molecular formula is C17H24Cl2IN3O. The number of nitrogens with one attached hydrogen (secondary N) is 1. The summed E-state index contributed by atoms with van der Waals surface area (Å²) in [5, 5.41) is 4.71.